The molecule has 2 aliphatic rings. The fourth-order valence-corrected chi connectivity index (χ4v) is 3.65. The van der Waals surface area contributed by atoms with Gasteiger partial charge in [-0.05, 0) is 36.1 Å². The van der Waals surface area contributed by atoms with Gasteiger partial charge in [-0.15, -0.1) is 0 Å². The molecule has 118 valence electrons. The number of aromatic nitrogens is 1. The molecule has 4 heteroatoms. The molecule has 4 rings (SSSR count). The van der Waals surface area contributed by atoms with Gasteiger partial charge < -0.3 is 15.6 Å². The van der Waals surface area contributed by atoms with Gasteiger partial charge in [0.1, 0.15) is 0 Å². The molecule has 1 aliphatic carbocycles. The van der Waals surface area contributed by atoms with Crippen molar-refractivity contribution in [3.05, 3.63) is 59.6 Å². The number of H-pyrrole nitrogens is 1. The van der Waals surface area contributed by atoms with Crippen LogP contribution in [0.25, 0.3) is 0 Å². The first-order chi connectivity index (χ1) is 11.0. The number of Topliss-reactive ketones (excluding diaryl/α,β-unsaturated/α-hetero) is 1. The van der Waals surface area contributed by atoms with Crippen molar-refractivity contribution in [3.8, 4) is 0 Å². The van der Waals surface area contributed by atoms with E-state index in [9.17, 15) is 4.79 Å². The smallest absolute Gasteiger partial charge is 0.163 e. The summed E-state index contributed by atoms with van der Waals surface area (Å²) in [6.07, 6.45) is 3.36. The molecule has 0 saturated heterocycles. The van der Waals surface area contributed by atoms with Gasteiger partial charge in [0.2, 0.25) is 0 Å². The number of aromatic amines is 1. The predicted octanol–water partition coefficient (Wildman–Crippen LogP) is 4.24. The van der Waals surface area contributed by atoms with Crippen LogP contribution in [0, 0.1) is 5.41 Å². The SMILES string of the molecule is CC1(C)CC(=O)C2=C(C1)Nc1ccccc1NC2c1ccc[nH]1. The summed E-state index contributed by atoms with van der Waals surface area (Å²) >= 11 is 0. The summed E-state index contributed by atoms with van der Waals surface area (Å²) in [6, 6.07) is 12.0. The molecule has 0 bridgehead atoms. The lowest BCUT2D eigenvalue weighted by Crippen LogP contribution is -2.31. The van der Waals surface area contributed by atoms with Crippen LogP contribution in [-0.2, 0) is 4.79 Å². The van der Waals surface area contributed by atoms with Gasteiger partial charge in [-0.25, -0.2) is 0 Å². The molecule has 0 amide bonds. The van der Waals surface area contributed by atoms with Gasteiger partial charge in [0.05, 0.1) is 17.4 Å². The molecule has 2 aromatic rings. The Morgan fingerprint density at radius 1 is 1.04 bits per heavy atom. The molecular formula is C19H21N3O. The Hall–Kier alpha value is -2.49. The molecular weight excluding hydrogens is 286 g/mol. The van der Waals surface area contributed by atoms with Crippen molar-refractivity contribution in [1.29, 1.82) is 0 Å². The van der Waals surface area contributed by atoms with Crippen LogP contribution >= 0.6 is 0 Å². The third kappa shape index (κ3) is 2.44. The van der Waals surface area contributed by atoms with Gasteiger partial charge >= 0.3 is 0 Å². The Morgan fingerprint density at radius 2 is 1.83 bits per heavy atom. The highest BCUT2D eigenvalue weighted by atomic mass is 16.1. The first-order valence-corrected chi connectivity index (χ1v) is 8.06. The third-order valence-electron chi connectivity index (χ3n) is 4.65. The van der Waals surface area contributed by atoms with E-state index in [0.717, 1.165) is 34.8 Å². The van der Waals surface area contributed by atoms with Crippen LogP contribution in [0.2, 0.25) is 0 Å². The molecule has 3 N–H and O–H groups in total. The average Bonchev–Trinajstić information content (AvgIpc) is 2.95. The number of ketones is 1. The highest BCUT2D eigenvalue weighted by Gasteiger charge is 2.38. The van der Waals surface area contributed by atoms with Gasteiger partial charge in [0.25, 0.3) is 0 Å². The molecule has 1 aromatic carbocycles. The second-order valence-electron chi connectivity index (χ2n) is 7.21. The highest BCUT2D eigenvalue weighted by Crippen LogP contribution is 2.44. The van der Waals surface area contributed by atoms with Gasteiger partial charge in [0, 0.05) is 29.6 Å². The Bertz CT molecular complexity index is 787. The number of nitrogens with one attached hydrogen (secondary N) is 3. The first-order valence-electron chi connectivity index (χ1n) is 8.06. The second-order valence-corrected chi connectivity index (χ2v) is 7.21. The van der Waals surface area contributed by atoms with E-state index in [1.165, 1.54) is 0 Å². The van der Waals surface area contributed by atoms with Gasteiger partial charge in [-0.3, -0.25) is 4.79 Å². The quantitative estimate of drug-likeness (QED) is 0.738. The minimum absolute atomic E-state index is 0.0114. The third-order valence-corrected chi connectivity index (χ3v) is 4.65. The summed E-state index contributed by atoms with van der Waals surface area (Å²) < 4.78 is 0. The first kappa shape index (κ1) is 14.1. The molecule has 23 heavy (non-hydrogen) atoms. The molecule has 0 fully saturated rings. The van der Waals surface area contributed by atoms with Crippen molar-refractivity contribution in [2.45, 2.75) is 32.7 Å². The zero-order chi connectivity index (χ0) is 16.0. The number of carbonyl (C=O) groups excluding carboxylic acids is 1. The molecule has 1 unspecified atom stereocenters. The molecule has 0 radical (unpaired) electrons. The molecule has 4 nitrogen and oxygen atoms in total. The summed E-state index contributed by atoms with van der Waals surface area (Å²) in [6.45, 7) is 4.31. The lowest BCUT2D eigenvalue weighted by Gasteiger charge is -2.33. The summed E-state index contributed by atoms with van der Waals surface area (Å²) in [5.41, 5.74) is 4.96. The van der Waals surface area contributed by atoms with Gasteiger partial charge in [-0.2, -0.15) is 0 Å². The van der Waals surface area contributed by atoms with Crippen LogP contribution in [0.1, 0.15) is 38.4 Å². The fraction of sp³-hybridized carbons (Fsp3) is 0.316. The topological polar surface area (TPSA) is 56.9 Å². The van der Waals surface area contributed by atoms with E-state index in [-0.39, 0.29) is 17.2 Å². The van der Waals surface area contributed by atoms with Crippen molar-refractivity contribution < 1.29 is 4.79 Å². The summed E-state index contributed by atoms with van der Waals surface area (Å²) in [5, 5.41) is 7.07. The second kappa shape index (κ2) is 5.01. The highest BCUT2D eigenvalue weighted by molar-refractivity contribution is 6.01. The van der Waals surface area contributed by atoms with E-state index >= 15 is 0 Å². The van der Waals surface area contributed by atoms with Crippen molar-refractivity contribution >= 4 is 17.2 Å². The number of anilines is 2. The molecule has 0 spiro atoms. The Morgan fingerprint density at radius 3 is 2.57 bits per heavy atom. The van der Waals surface area contributed by atoms with Crippen LogP contribution < -0.4 is 10.6 Å². The van der Waals surface area contributed by atoms with Gasteiger partial charge in [-0.1, -0.05) is 26.0 Å². The summed E-state index contributed by atoms with van der Waals surface area (Å²) in [4.78, 5) is 16.2. The van der Waals surface area contributed by atoms with E-state index in [1.54, 1.807) is 0 Å². The van der Waals surface area contributed by atoms with Crippen LogP contribution in [0.5, 0.6) is 0 Å². The van der Waals surface area contributed by atoms with Crippen molar-refractivity contribution in [2.24, 2.45) is 5.41 Å². The zero-order valence-corrected chi connectivity index (χ0v) is 13.4. The Balaban J connectivity index is 1.88. The summed E-state index contributed by atoms with van der Waals surface area (Å²) in [5.74, 6) is 0.226. The standard InChI is InChI=1S/C19H21N3O/c1-19(2)10-15-17(16(23)11-19)18(14-8-5-9-20-14)22-13-7-4-3-6-12(13)21-15/h3-9,18,20-22H,10-11H2,1-2H3. The zero-order valence-electron chi connectivity index (χ0n) is 13.4. The monoisotopic (exact) mass is 307 g/mol. The number of rotatable bonds is 1. The normalized spacial score (nSPS) is 22.5. The van der Waals surface area contributed by atoms with E-state index in [2.05, 4.69) is 35.5 Å². The lowest BCUT2D eigenvalue weighted by atomic mass is 9.74. The Kier molecular flexibility index (Phi) is 3.08. The molecule has 1 aliphatic heterocycles. The van der Waals surface area contributed by atoms with Crippen LogP contribution in [-0.4, -0.2) is 10.8 Å². The number of hydrogen-bond acceptors (Lipinski definition) is 3. The van der Waals surface area contributed by atoms with Crippen molar-refractivity contribution in [2.75, 3.05) is 10.6 Å². The lowest BCUT2D eigenvalue weighted by molar-refractivity contribution is -0.118. The maximum absolute atomic E-state index is 12.9. The maximum atomic E-state index is 12.9. The molecule has 1 atom stereocenters. The predicted molar refractivity (Wildman–Crippen MR) is 92.3 cm³/mol. The van der Waals surface area contributed by atoms with Crippen LogP contribution in [0.4, 0.5) is 11.4 Å². The molecule has 1 aromatic heterocycles. The minimum Gasteiger partial charge on any atom is -0.371 e. The number of fused-ring (bicyclic) bond motifs is 1. The van der Waals surface area contributed by atoms with E-state index in [0.29, 0.717) is 6.42 Å². The minimum atomic E-state index is -0.139. The van der Waals surface area contributed by atoms with Crippen LogP contribution in [0.3, 0.4) is 0 Å². The number of allylic oxidation sites excluding steroid dienone is 1. The maximum Gasteiger partial charge on any atom is 0.163 e. The fourth-order valence-electron chi connectivity index (χ4n) is 3.65. The number of benzene rings is 1. The van der Waals surface area contributed by atoms with Crippen molar-refractivity contribution in [3.63, 3.8) is 0 Å². The Labute approximate surface area is 136 Å². The number of carbonyl (C=O) groups is 1. The number of para-hydroxylation sites is 2. The summed E-state index contributed by atoms with van der Waals surface area (Å²) in [7, 11) is 0. The molecule has 0 saturated carbocycles. The van der Waals surface area contributed by atoms with Crippen LogP contribution in [0.15, 0.2) is 53.9 Å². The average molecular weight is 307 g/mol. The van der Waals surface area contributed by atoms with E-state index in [1.807, 2.05) is 36.5 Å². The van der Waals surface area contributed by atoms with E-state index < -0.39 is 0 Å². The molecule has 2 heterocycles. The van der Waals surface area contributed by atoms with Gasteiger partial charge in [0.15, 0.2) is 5.78 Å². The van der Waals surface area contributed by atoms with Crippen molar-refractivity contribution in [1.82, 2.24) is 4.98 Å². The largest absolute Gasteiger partial charge is 0.371 e. The number of hydrogen-bond donors (Lipinski definition) is 3. The van der Waals surface area contributed by atoms with E-state index in [4.69, 9.17) is 0 Å².